The van der Waals surface area contributed by atoms with Gasteiger partial charge in [0.05, 0.1) is 0 Å². The van der Waals surface area contributed by atoms with Gasteiger partial charge in [0, 0.05) is 7.41 Å². The summed E-state index contributed by atoms with van der Waals surface area (Å²) in [6.45, 7) is 2.04. The van der Waals surface area contributed by atoms with Crippen LogP contribution < -0.4 is 5.73 Å². The van der Waals surface area contributed by atoms with Crippen LogP contribution >= 0.6 is 0 Å². The maximum Gasteiger partial charge on any atom is 0.0394 e. The van der Waals surface area contributed by atoms with Gasteiger partial charge in [-0.1, -0.05) is 0 Å². The monoisotopic (exact) mass is 115 g/mol. The van der Waals surface area contributed by atoms with E-state index in [1.807, 2.05) is 0 Å². The first-order valence-electron chi connectivity index (χ1n) is 3.81. The molecule has 1 aliphatic rings. The first-order chi connectivity index (χ1) is 4.33. The molecule has 0 aromatic heterocycles. The van der Waals surface area contributed by atoms with Crippen LogP contribution in [0.4, 0.5) is 0 Å². The minimum atomic E-state index is 0.396. The number of nitrogens with zero attached hydrogens (tertiary/aromatic N) is 1. The van der Waals surface area contributed by atoms with Crippen molar-refractivity contribution < 1.29 is 1.37 Å². The molecule has 48 valence electrons. The first-order valence-corrected chi connectivity index (χ1v) is 3.10. The van der Waals surface area contributed by atoms with Crippen LogP contribution in [-0.2, 0) is 0 Å². The summed E-state index contributed by atoms with van der Waals surface area (Å²) in [7, 11) is 0.437. The molecule has 2 heteroatoms. The molecule has 0 atom stereocenters. The molecule has 2 nitrogen and oxygen atoms in total. The van der Waals surface area contributed by atoms with E-state index in [1.165, 1.54) is 0 Å². The summed E-state index contributed by atoms with van der Waals surface area (Å²) in [4.78, 5) is 2.11. The van der Waals surface area contributed by atoms with E-state index in [0.717, 1.165) is 25.9 Å². The predicted molar refractivity (Wildman–Crippen MR) is 34.7 cm³/mol. The molecular weight excluding hydrogens is 100 g/mol. The van der Waals surface area contributed by atoms with Crippen LogP contribution in [0.25, 0.3) is 0 Å². The molecule has 0 radical (unpaired) electrons. The Morgan fingerprint density at radius 2 is 2.25 bits per heavy atom. The summed E-state index contributed by atoms with van der Waals surface area (Å²) in [5, 5.41) is 0. The summed E-state index contributed by atoms with van der Waals surface area (Å²) in [5.74, 6) is 0. The molecule has 0 amide bonds. The molecule has 8 heavy (non-hydrogen) atoms. The van der Waals surface area contributed by atoms with E-state index in [4.69, 9.17) is 7.10 Å². The number of likely N-dealkylation sites (tertiary alicyclic amines) is 1. The molecule has 2 N–H and O–H groups in total. The van der Waals surface area contributed by atoms with Gasteiger partial charge < -0.3 is 10.6 Å². The highest BCUT2D eigenvalue weighted by atomic mass is 15.1. The van der Waals surface area contributed by atoms with Gasteiger partial charge in [0.1, 0.15) is 0 Å². The van der Waals surface area contributed by atoms with E-state index in [9.17, 15) is 0 Å². The van der Waals surface area contributed by atoms with E-state index in [-0.39, 0.29) is 0 Å². The fraction of sp³-hybridized carbons (Fsp3) is 1.00. The fourth-order valence-electron chi connectivity index (χ4n) is 0.953. The largest absolute Gasteiger partial charge is 0.328 e. The smallest absolute Gasteiger partial charge is 0.0394 e. The maximum absolute atomic E-state index is 7.05. The first kappa shape index (κ1) is 4.77. The molecule has 1 saturated heterocycles. The highest BCUT2D eigenvalue weighted by Crippen LogP contribution is 2.04. The van der Waals surface area contributed by atoms with Crippen LogP contribution in [0.5, 0.6) is 0 Å². The summed E-state index contributed by atoms with van der Waals surface area (Å²) in [6.07, 6.45) is 2.14. The Bertz CT molecular complexity index is 79.1. The molecule has 0 spiro atoms. The molecule has 0 aliphatic carbocycles. The van der Waals surface area contributed by atoms with Crippen molar-refractivity contribution in [1.29, 1.82) is 0 Å². The van der Waals surface area contributed by atoms with Crippen molar-refractivity contribution in [2.45, 2.75) is 18.9 Å². The second kappa shape index (κ2) is 2.46. The summed E-state index contributed by atoms with van der Waals surface area (Å²) in [6, 6.07) is 0.396. The normalized spacial score (nSPS) is 27.9. The van der Waals surface area contributed by atoms with Crippen molar-refractivity contribution in [2.75, 3.05) is 20.1 Å². The number of piperidine rings is 1. The Morgan fingerprint density at radius 1 is 1.62 bits per heavy atom. The van der Waals surface area contributed by atoms with Crippen LogP contribution in [0.1, 0.15) is 14.2 Å². The van der Waals surface area contributed by atoms with Crippen molar-refractivity contribution in [3.8, 4) is 0 Å². The van der Waals surface area contributed by atoms with E-state index in [1.54, 1.807) is 0 Å². The number of nitrogens with two attached hydrogens (primary N) is 1. The molecule has 0 saturated carbocycles. The van der Waals surface area contributed by atoms with Gasteiger partial charge in [-0.2, -0.15) is 0 Å². The average Bonchev–Trinajstić information content (AvgIpc) is 1.90. The quantitative estimate of drug-likeness (QED) is 0.483. The summed E-state index contributed by atoms with van der Waals surface area (Å²) in [5.41, 5.74) is 5.66. The predicted octanol–water partition coefficient (Wildman–Crippen LogP) is 0.0393. The van der Waals surface area contributed by atoms with Crippen LogP contribution in [-0.4, -0.2) is 31.1 Å². The maximum atomic E-state index is 7.05. The molecule has 0 aromatic rings. The van der Waals surface area contributed by atoms with Crippen molar-refractivity contribution >= 4 is 0 Å². The zero-order valence-electron chi connectivity index (χ0n) is 6.14. The lowest BCUT2D eigenvalue weighted by atomic mass is 10.1. The average molecular weight is 115 g/mol. The Kier molecular flexibility index (Phi) is 1.47. The minimum Gasteiger partial charge on any atom is -0.328 e. The molecule has 0 aromatic carbocycles. The van der Waals surface area contributed by atoms with Crippen molar-refractivity contribution in [3.63, 3.8) is 0 Å². The highest BCUT2D eigenvalue weighted by Gasteiger charge is 2.10. The number of hydrogen-bond donors (Lipinski definition) is 1. The molecule has 1 heterocycles. The van der Waals surface area contributed by atoms with E-state index >= 15 is 0 Å². The molecule has 1 aliphatic heterocycles. The lowest BCUT2D eigenvalue weighted by molar-refractivity contribution is 0.256. The Morgan fingerprint density at radius 3 is 2.75 bits per heavy atom. The Hall–Kier alpha value is -0.0800. The molecule has 0 unspecified atom stereocenters. The van der Waals surface area contributed by atoms with E-state index < -0.39 is 0 Å². The Labute approximate surface area is 52.1 Å². The lowest BCUT2D eigenvalue weighted by Crippen LogP contribution is -2.37. The number of rotatable bonds is 0. The summed E-state index contributed by atoms with van der Waals surface area (Å²) < 4.78 is 7.05. The van der Waals surface area contributed by atoms with Gasteiger partial charge in [-0.3, -0.25) is 0 Å². The number of hydrogen-bond acceptors (Lipinski definition) is 2. The van der Waals surface area contributed by atoms with Gasteiger partial charge >= 0.3 is 0 Å². The van der Waals surface area contributed by atoms with Gasteiger partial charge in [-0.25, -0.2) is 0 Å². The van der Waals surface area contributed by atoms with Crippen molar-refractivity contribution in [3.05, 3.63) is 0 Å². The second-order valence-electron chi connectivity index (χ2n) is 2.46. The molecule has 1 fully saturated rings. The Balaban J connectivity index is 2.18. The third-order valence-electron chi connectivity index (χ3n) is 1.63. The topological polar surface area (TPSA) is 29.3 Å². The van der Waals surface area contributed by atoms with Crippen molar-refractivity contribution in [1.82, 2.24) is 4.90 Å². The minimum absolute atomic E-state index is 0.396. The lowest BCUT2D eigenvalue weighted by Gasteiger charge is -2.25. The third-order valence-corrected chi connectivity index (χ3v) is 1.63. The van der Waals surface area contributed by atoms with E-state index in [2.05, 4.69) is 4.90 Å². The van der Waals surface area contributed by atoms with Crippen LogP contribution in [0, 0.1) is 0 Å². The third kappa shape index (κ3) is 1.46. The zero-order chi connectivity index (χ0) is 6.69. The molecule has 1 rings (SSSR count). The standard InChI is InChI=1S/C6H14N2/c1-8-4-2-6(7)3-5-8/h6H,2-5,7H2,1H3/i1D. The highest BCUT2D eigenvalue weighted by molar-refractivity contribution is 4.70. The second-order valence-corrected chi connectivity index (χ2v) is 2.46. The van der Waals surface area contributed by atoms with Crippen LogP contribution in [0.15, 0.2) is 0 Å². The van der Waals surface area contributed by atoms with Gasteiger partial charge in [-0.15, -0.1) is 0 Å². The van der Waals surface area contributed by atoms with Gasteiger partial charge in [0.25, 0.3) is 0 Å². The van der Waals surface area contributed by atoms with E-state index in [0.29, 0.717) is 13.1 Å². The van der Waals surface area contributed by atoms with Gasteiger partial charge in [-0.05, 0) is 33.0 Å². The van der Waals surface area contributed by atoms with Crippen LogP contribution in [0.3, 0.4) is 0 Å². The fourth-order valence-corrected chi connectivity index (χ4v) is 0.953. The van der Waals surface area contributed by atoms with Gasteiger partial charge in [0.15, 0.2) is 0 Å². The summed E-state index contributed by atoms with van der Waals surface area (Å²) >= 11 is 0. The van der Waals surface area contributed by atoms with Crippen LogP contribution in [0.2, 0.25) is 0 Å². The zero-order valence-corrected chi connectivity index (χ0v) is 5.14. The van der Waals surface area contributed by atoms with Crippen molar-refractivity contribution in [2.24, 2.45) is 5.73 Å². The SMILES string of the molecule is [2H]CN1CCC(N)CC1. The van der Waals surface area contributed by atoms with Gasteiger partial charge in [0.2, 0.25) is 0 Å². The molecule has 0 bridgehead atoms. The molecular formula is C6H14N2.